The molecule has 0 saturated carbocycles. The quantitative estimate of drug-likeness (QED) is 0.564. The molecule has 33 heavy (non-hydrogen) atoms. The molecule has 3 aliphatic rings. The smallest absolute Gasteiger partial charge is 0.332 e. The first-order valence-corrected chi connectivity index (χ1v) is 16.7. The van der Waals surface area contributed by atoms with E-state index in [0.717, 1.165) is 44.2 Å². The van der Waals surface area contributed by atoms with Gasteiger partial charge in [-0.1, -0.05) is 26.8 Å². The largest absolute Gasteiger partial charge is 0.564 e. The molecular formula is C24H39N3O4SSi-. The fourth-order valence-corrected chi connectivity index (χ4v) is 7.19. The molecule has 7 nitrogen and oxygen atoms in total. The number of nitrogens with one attached hydrogen (secondary N) is 2. The maximum atomic E-state index is 12.8. The van der Waals surface area contributed by atoms with Crippen molar-refractivity contribution in [2.45, 2.75) is 82.7 Å². The summed E-state index contributed by atoms with van der Waals surface area (Å²) in [7, 11) is -5.51. The Labute approximate surface area is 199 Å². The number of sulfonamides is 1. The molecule has 0 radical (unpaired) electrons. The van der Waals surface area contributed by atoms with Crippen molar-refractivity contribution in [3.8, 4) is 0 Å². The molecular weight excluding hydrogens is 454 g/mol. The molecule has 9 heteroatoms. The van der Waals surface area contributed by atoms with E-state index in [1.165, 1.54) is 22.3 Å². The number of nitrogens with zero attached hydrogens (tertiary/aromatic N) is 1. The maximum Gasteiger partial charge on any atom is 0.332 e. The van der Waals surface area contributed by atoms with Crippen LogP contribution in [0.15, 0.2) is 6.07 Å². The zero-order valence-corrected chi connectivity index (χ0v) is 22.5. The molecule has 1 heterocycles. The van der Waals surface area contributed by atoms with E-state index in [2.05, 4.69) is 54.9 Å². The lowest BCUT2D eigenvalue weighted by atomic mass is 9.99. The number of amides is 2. The van der Waals surface area contributed by atoms with Crippen molar-refractivity contribution < 1.29 is 17.6 Å². The van der Waals surface area contributed by atoms with Gasteiger partial charge in [-0.15, -0.1) is 18.1 Å². The predicted octanol–water partition coefficient (Wildman–Crippen LogP) is 3.82. The molecule has 0 bridgehead atoms. The summed E-state index contributed by atoms with van der Waals surface area (Å²) in [4.78, 5) is 14.8. The molecule has 0 spiro atoms. The number of carbonyl (C=O) groups excluding carboxylic acids is 1. The van der Waals surface area contributed by atoms with Crippen molar-refractivity contribution in [2.75, 3.05) is 31.6 Å². The molecule has 2 N–H and O–H groups in total. The Balaban J connectivity index is 1.29. The van der Waals surface area contributed by atoms with E-state index in [1.54, 1.807) is 0 Å². The van der Waals surface area contributed by atoms with Crippen LogP contribution in [0, 0.1) is 0 Å². The van der Waals surface area contributed by atoms with Gasteiger partial charge in [-0.25, -0.2) is 17.9 Å². The molecule has 2 aliphatic carbocycles. The average molecular weight is 494 g/mol. The zero-order valence-electron chi connectivity index (χ0n) is 20.7. The molecule has 0 aromatic heterocycles. The van der Waals surface area contributed by atoms with Gasteiger partial charge in [0.2, 0.25) is 10.0 Å². The van der Waals surface area contributed by atoms with Gasteiger partial charge in [-0.3, -0.25) is 4.90 Å². The lowest BCUT2D eigenvalue weighted by Crippen LogP contribution is -2.59. The summed E-state index contributed by atoms with van der Waals surface area (Å²) in [5.41, 5.74) is 5.87. The lowest BCUT2D eigenvalue weighted by Gasteiger charge is -2.49. The number of urea groups is 1. The molecule has 1 saturated heterocycles. The summed E-state index contributed by atoms with van der Waals surface area (Å²) in [5.74, 6) is 0. The molecule has 2 amide bonds. The monoisotopic (exact) mass is 493 g/mol. The van der Waals surface area contributed by atoms with Crippen molar-refractivity contribution in [1.82, 2.24) is 9.62 Å². The third-order valence-electron chi connectivity index (χ3n) is 7.99. The first-order chi connectivity index (χ1) is 15.4. The third-order valence-corrected chi connectivity index (χ3v) is 14.2. The Bertz CT molecular complexity index is 995. The van der Waals surface area contributed by atoms with Gasteiger partial charge < -0.3 is 9.74 Å². The van der Waals surface area contributed by atoms with Gasteiger partial charge in [-0.05, 0) is 69.1 Å². The second-order valence-electron chi connectivity index (χ2n) is 11.3. The number of hydrogen-bond acceptors (Lipinski definition) is 5. The Morgan fingerprint density at radius 2 is 1.67 bits per heavy atom. The summed E-state index contributed by atoms with van der Waals surface area (Å²) in [5, 5.41) is 2.51. The average Bonchev–Trinajstić information content (AvgIpc) is 3.30. The van der Waals surface area contributed by atoms with Crippen LogP contribution in [-0.4, -0.2) is 59.2 Å². The minimum Gasteiger partial charge on any atom is -0.564 e. The van der Waals surface area contributed by atoms with Crippen molar-refractivity contribution in [3.63, 3.8) is 0 Å². The van der Waals surface area contributed by atoms with Gasteiger partial charge in [0.15, 0.2) is 0 Å². The highest BCUT2D eigenvalue weighted by molar-refractivity contribution is 7.90. The van der Waals surface area contributed by atoms with E-state index in [4.69, 9.17) is 4.43 Å². The molecule has 0 atom stereocenters. The fraction of sp³-hybridized carbons (Fsp3) is 0.708. The summed E-state index contributed by atoms with van der Waals surface area (Å²) >= 11 is 0. The molecule has 1 aromatic rings. The van der Waals surface area contributed by atoms with Crippen LogP contribution in [-0.2, 0) is 40.1 Å². The van der Waals surface area contributed by atoms with Crippen molar-refractivity contribution in [2.24, 2.45) is 0 Å². The fourth-order valence-electron chi connectivity index (χ4n) is 4.87. The first kappa shape index (κ1) is 24.7. The number of aryl methyl sites for hydroxylation is 2. The van der Waals surface area contributed by atoms with E-state index in [0.29, 0.717) is 26.2 Å². The number of benzene rings is 1. The minimum absolute atomic E-state index is 0.157. The highest BCUT2D eigenvalue weighted by Crippen LogP contribution is 2.39. The summed E-state index contributed by atoms with van der Waals surface area (Å²) in [6.07, 6.45) is 6.13. The van der Waals surface area contributed by atoms with Gasteiger partial charge in [0, 0.05) is 31.9 Å². The highest BCUT2D eigenvalue weighted by Gasteiger charge is 2.38. The number of hydrogen-bond donors (Lipinski definition) is 2. The number of rotatable bonds is 7. The molecule has 1 fully saturated rings. The molecule has 4 rings (SSSR count). The predicted molar refractivity (Wildman–Crippen MR) is 135 cm³/mol. The second-order valence-corrected chi connectivity index (χ2v) is 18.1. The van der Waals surface area contributed by atoms with E-state index >= 15 is 0 Å². The molecule has 1 aliphatic heterocycles. The van der Waals surface area contributed by atoms with Crippen LogP contribution >= 0.6 is 0 Å². The Morgan fingerprint density at radius 3 is 2.21 bits per heavy atom. The summed E-state index contributed by atoms with van der Waals surface area (Å²) in [6.45, 7) is 13.3. The number of carbonyl (C=O) groups is 1. The van der Waals surface area contributed by atoms with Crippen LogP contribution in [0.25, 0.3) is 0 Å². The van der Waals surface area contributed by atoms with E-state index in [1.807, 2.05) is 0 Å². The Kier molecular flexibility index (Phi) is 6.72. The van der Waals surface area contributed by atoms with Crippen LogP contribution in [0.4, 0.5) is 10.5 Å². The van der Waals surface area contributed by atoms with Crippen LogP contribution < -0.4 is 10.0 Å². The lowest BCUT2D eigenvalue weighted by molar-refractivity contribution is 0.144. The number of fused-ring (bicyclic) bond motifs is 2. The van der Waals surface area contributed by atoms with E-state index < -0.39 is 29.6 Å². The molecule has 185 valence electrons. The van der Waals surface area contributed by atoms with Crippen molar-refractivity contribution >= 4 is 30.1 Å². The van der Waals surface area contributed by atoms with Crippen LogP contribution in [0.2, 0.25) is 18.1 Å². The first-order valence-electron chi connectivity index (χ1n) is 12.2. The van der Waals surface area contributed by atoms with Gasteiger partial charge in [-0.2, -0.15) is 0 Å². The van der Waals surface area contributed by atoms with Crippen LogP contribution in [0.1, 0.15) is 55.9 Å². The standard InChI is InChI=1S/C24H39N3O4SSi/c1-24(2,3)33(4,5)31-13-12-27-15-19(16-27)32(29,30)26-23(28)25-22-20-10-6-8-17(20)14-18-9-7-11-21(18)22/h14,19H,6-13,15-16H2,1-5H3,(H2,25,26,28)/q-1. The van der Waals surface area contributed by atoms with Crippen LogP contribution in [0.3, 0.4) is 0 Å². The topological polar surface area (TPSA) is 87.7 Å². The van der Waals surface area contributed by atoms with Gasteiger partial charge in [0.1, 0.15) is 5.25 Å². The highest BCUT2D eigenvalue weighted by atomic mass is 32.2. The van der Waals surface area contributed by atoms with Gasteiger partial charge in [0.25, 0.3) is 0 Å². The molecule has 0 unspecified atom stereocenters. The van der Waals surface area contributed by atoms with E-state index in [-0.39, 0.29) is 5.04 Å². The van der Waals surface area contributed by atoms with Crippen molar-refractivity contribution in [1.29, 1.82) is 0 Å². The summed E-state index contributed by atoms with van der Waals surface area (Å²) < 4.78 is 34.0. The minimum atomic E-state index is -3.72. The maximum absolute atomic E-state index is 12.8. The van der Waals surface area contributed by atoms with Gasteiger partial charge >= 0.3 is 6.03 Å². The van der Waals surface area contributed by atoms with Gasteiger partial charge in [0.05, 0.1) is 0 Å². The number of anilines is 1. The SMILES string of the molecule is CC(C)(C)[Si-](C)(C)OCCN1CC(S(=O)(=O)NC(=O)Nc2c3c(cc4c2CCC4)CCC3)C1. The summed E-state index contributed by atoms with van der Waals surface area (Å²) in [6, 6.07) is 1.66. The Hall–Kier alpha value is -1.42. The zero-order chi connectivity index (χ0) is 24.0. The Morgan fingerprint density at radius 1 is 1.09 bits per heavy atom. The number of likely N-dealkylation sites (tertiary alicyclic amines) is 1. The van der Waals surface area contributed by atoms with Crippen LogP contribution in [0.5, 0.6) is 0 Å². The normalized spacial score (nSPS) is 19.2. The third kappa shape index (κ3) is 5.16. The molecule has 1 aromatic carbocycles. The van der Waals surface area contributed by atoms with E-state index in [9.17, 15) is 13.2 Å². The second kappa shape index (κ2) is 8.98. The van der Waals surface area contributed by atoms with Crippen molar-refractivity contribution in [3.05, 3.63) is 28.3 Å².